The largest absolute Gasteiger partial charge is 0.416 e. The molecule has 0 aliphatic carbocycles. The van der Waals surface area contributed by atoms with Gasteiger partial charge in [0, 0.05) is 5.69 Å². The van der Waals surface area contributed by atoms with E-state index in [1.807, 2.05) is 0 Å². The molecule has 0 aliphatic rings. The van der Waals surface area contributed by atoms with Gasteiger partial charge in [0.15, 0.2) is 0 Å². The third-order valence-electron chi connectivity index (χ3n) is 1.64. The highest BCUT2D eigenvalue weighted by atomic mass is 19.4. The molecule has 1 aromatic carbocycles. The van der Waals surface area contributed by atoms with Gasteiger partial charge in [-0.25, -0.2) is 0 Å². The summed E-state index contributed by atoms with van der Waals surface area (Å²) in [5.74, 6) is 0. The van der Waals surface area contributed by atoms with Crippen molar-refractivity contribution >= 4 is 5.69 Å². The smallest absolute Gasteiger partial charge is 0.356 e. The molecular weight excluding hydrogens is 225 g/mol. The van der Waals surface area contributed by atoms with Gasteiger partial charge in [0.1, 0.15) is 0 Å². The maximum atomic E-state index is 12.3. The van der Waals surface area contributed by atoms with Crippen molar-refractivity contribution in [1.29, 1.82) is 0 Å². The second-order valence-corrected chi connectivity index (χ2v) is 2.82. The Kier molecular flexibility index (Phi) is 3.49. The van der Waals surface area contributed by atoms with Crippen LogP contribution in [0.1, 0.15) is 5.56 Å². The van der Waals surface area contributed by atoms with Gasteiger partial charge in [-0.15, -0.1) is 0 Å². The molecule has 7 heteroatoms. The first-order valence-corrected chi connectivity index (χ1v) is 4.13. The van der Waals surface area contributed by atoms with E-state index in [9.17, 15) is 23.3 Å². The van der Waals surface area contributed by atoms with E-state index in [0.717, 1.165) is 18.3 Å². The molecule has 0 fully saturated rings. The molecule has 1 aromatic rings. The van der Waals surface area contributed by atoms with Crippen molar-refractivity contribution in [2.24, 2.45) is 0 Å². The van der Waals surface area contributed by atoms with Crippen LogP contribution < -0.4 is 5.32 Å². The van der Waals surface area contributed by atoms with Crippen molar-refractivity contribution in [3.05, 3.63) is 52.3 Å². The molecule has 0 amide bonds. The van der Waals surface area contributed by atoms with Crippen LogP contribution in [0.25, 0.3) is 0 Å². The Labute approximate surface area is 88.5 Å². The zero-order chi connectivity index (χ0) is 12.2. The fourth-order valence-electron chi connectivity index (χ4n) is 0.980. The molecule has 0 atom stereocenters. The Morgan fingerprint density at radius 1 is 1.38 bits per heavy atom. The Bertz CT molecular complexity index is 415. The molecule has 0 saturated carbocycles. The second kappa shape index (κ2) is 4.65. The number of nitro groups is 1. The Balaban J connectivity index is 2.79. The van der Waals surface area contributed by atoms with Crippen molar-refractivity contribution < 1.29 is 18.1 Å². The molecule has 4 nitrogen and oxygen atoms in total. The molecule has 0 spiro atoms. The lowest BCUT2D eigenvalue weighted by atomic mass is 10.2. The van der Waals surface area contributed by atoms with E-state index in [1.165, 1.54) is 12.1 Å². The van der Waals surface area contributed by atoms with Crippen molar-refractivity contribution in [1.82, 2.24) is 0 Å². The van der Waals surface area contributed by atoms with Crippen LogP contribution in [0.2, 0.25) is 0 Å². The second-order valence-electron chi connectivity index (χ2n) is 2.82. The number of halogens is 3. The van der Waals surface area contributed by atoms with E-state index < -0.39 is 16.7 Å². The minimum atomic E-state index is -4.43. The van der Waals surface area contributed by atoms with Gasteiger partial charge < -0.3 is 5.32 Å². The first-order valence-electron chi connectivity index (χ1n) is 4.13. The fourth-order valence-corrected chi connectivity index (χ4v) is 0.980. The predicted molar refractivity (Wildman–Crippen MR) is 51.2 cm³/mol. The third kappa shape index (κ3) is 3.60. The number of anilines is 1. The molecule has 0 bridgehead atoms. The molecule has 0 unspecified atom stereocenters. The molecule has 0 saturated heterocycles. The van der Waals surface area contributed by atoms with Crippen LogP contribution in [0, 0.1) is 10.1 Å². The van der Waals surface area contributed by atoms with Crippen LogP contribution in [-0.4, -0.2) is 4.92 Å². The zero-order valence-electron chi connectivity index (χ0n) is 7.86. The van der Waals surface area contributed by atoms with Gasteiger partial charge in [-0.05, 0) is 18.2 Å². The van der Waals surface area contributed by atoms with Gasteiger partial charge in [0.2, 0.25) is 6.20 Å². The molecule has 0 heterocycles. The maximum absolute atomic E-state index is 12.3. The van der Waals surface area contributed by atoms with Crippen LogP contribution in [0.3, 0.4) is 0 Å². The number of nitrogens with zero attached hydrogens (tertiary/aromatic N) is 1. The number of alkyl halides is 3. The number of rotatable bonds is 3. The minimum absolute atomic E-state index is 0.132. The van der Waals surface area contributed by atoms with Gasteiger partial charge in [-0.2, -0.15) is 13.2 Å². The predicted octanol–water partition coefficient (Wildman–Crippen LogP) is 2.87. The summed E-state index contributed by atoms with van der Waals surface area (Å²) in [5.41, 5.74) is -0.681. The van der Waals surface area contributed by atoms with Crippen molar-refractivity contribution in [2.75, 3.05) is 5.32 Å². The average molecular weight is 232 g/mol. The van der Waals surface area contributed by atoms with E-state index in [-0.39, 0.29) is 5.69 Å². The molecule has 1 N–H and O–H groups in total. The molecular formula is C9H7F3N2O2. The van der Waals surface area contributed by atoms with Gasteiger partial charge in [-0.1, -0.05) is 6.07 Å². The van der Waals surface area contributed by atoms with E-state index in [1.54, 1.807) is 0 Å². The van der Waals surface area contributed by atoms with Crippen LogP contribution in [0.5, 0.6) is 0 Å². The molecule has 0 aromatic heterocycles. The van der Waals surface area contributed by atoms with Crippen molar-refractivity contribution in [2.45, 2.75) is 6.18 Å². The molecule has 16 heavy (non-hydrogen) atoms. The van der Waals surface area contributed by atoms with Crippen LogP contribution in [0.15, 0.2) is 36.7 Å². The van der Waals surface area contributed by atoms with E-state index >= 15 is 0 Å². The Morgan fingerprint density at radius 3 is 2.62 bits per heavy atom. The minimum Gasteiger partial charge on any atom is -0.356 e. The molecule has 1 rings (SSSR count). The summed E-state index contributed by atoms with van der Waals surface area (Å²) in [6, 6.07) is 4.37. The highest BCUT2D eigenvalue weighted by Gasteiger charge is 2.30. The third-order valence-corrected chi connectivity index (χ3v) is 1.64. The van der Waals surface area contributed by atoms with Gasteiger partial charge in [-0.3, -0.25) is 10.1 Å². The lowest BCUT2D eigenvalue weighted by molar-refractivity contribution is -0.402. The van der Waals surface area contributed by atoms with Crippen LogP contribution in [-0.2, 0) is 6.18 Å². The topological polar surface area (TPSA) is 55.2 Å². The zero-order valence-corrected chi connectivity index (χ0v) is 7.86. The monoisotopic (exact) mass is 232 g/mol. The standard InChI is InChI=1S/C9H7F3N2O2/c10-9(11,12)7-2-1-3-8(6-7)13-4-5-14(15)16/h1-6,13H/b5-4+. The van der Waals surface area contributed by atoms with E-state index in [0.29, 0.717) is 6.20 Å². The highest BCUT2D eigenvalue weighted by Crippen LogP contribution is 2.30. The number of hydrogen-bond acceptors (Lipinski definition) is 3. The van der Waals surface area contributed by atoms with Crippen molar-refractivity contribution in [3.63, 3.8) is 0 Å². The maximum Gasteiger partial charge on any atom is 0.416 e. The normalized spacial score (nSPS) is 11.7. The Morgan fingerprint density at radius 2 is 2.06 bits per heavy atom. The van der Waals surface area contributed by atoms with Gasteiger partial charge >= 0.3 is 6.18 Å². The summed E-state index contributed by atoms with van der Waals surface area (Å²) >= 11 is 0. The molecule has 0 aliphatic heterocycles. The first kappa shape index (κ1) is 12.0. The van der Waals surface area contributed by atoms with Gasteiger partial charge in [0.05, 0.1) is 16.7 Å². The van der Waals surface area contributed by atoms with Crippen LogP contribution >= 0.6 is 0 Å². The number of hydrogen-bond donors (Lipinski definition) is 1. The van der Waals surface area contributed by atoms with Crippen LogP contribution in [0.4, 0.5) is 18.9 Å². The fraction of sp³-hybridized carbons (Fsp3) is 0.111. The lowest BCUT2D eigenvalue weighted by Gasteiger charge is -2.07. The Hall–Kier alpha value is -2.05. The van der Waals surface area contributed by atoms with Crippen molar-refractivity contribution in [3.8, 4) is 0 Å². The first-order chi connectivity index (χ1) is 7.39. The van der Waals surface area contributed by atoms with Gasteiger partial charge in [0.25, 0.3) is 0 Å². The quantitative estimate of drug-likeness (QED) is 0.643. The lowest BCUT2D eigenvalue weighted by Crippen LogP contribution is -2.05. The summed E-state index contributed by atoms with van der Waals surface area (Å²) < 4.78 is 36.8. The highest BCUT2D eigenvalue weighted by molar-refractivity contribution is 5.48. The summed E-state index contributed by atoms with van der Waals surface area (Å²) in [6.45, 7) is 0. The summed E-state index contributed by atoms with van der Waals surface area (Å²) in [5, 5.41) is 12.3. The molecule has 0 radical (unpaired) electrons. The summed E-state index contributed by atoms with van der Waals surface area (Å²) in [4.78, 5) is 9.19. The summed E-state index contributed by atoms with van der Waals surface area (Å²) in [7, 11) is 0. The summed E-state index contributed by atoms with van der Waals surface area (Å²) in [6.07, 6.45) is -2.87. The average Bonchev–Trinajstić information content (AvgIpc) is 2.16. The number of benzene rings is 1. The van der Waals surface area contributed by atoms with E-state index in [2.05, 4.69) is 5.32 Å². The SMILES string of the molecule is O=[N+]([O-])/C=C/Nc1cccc(C(F)(F)F)c1. The van der Waals surface area contributed by atoms with E-state index in [4.69, 9.17) is 0 Å². The molecule has 86 valence electrons. The number of nitrogens with one attached hydrogen (secondary N) is 1.